The SMILES string of the molecule is CCCNCC(C)=Cc1ccc(C(C)(C)C)cc1. The van der Waals surface area contributed by atoms with Gasteiger partial charge >= 0.3 is 0 Å². The number of hydrogen-bond donors (Lipinski definition) is 1. The third-order valence-electron chi connectivity index (χ3n) is 3.02. The van der Waals surface area contributed by atoms with E-state index in [2.05, 4.69) is 70.3 Å². The van der Waals surface area contributed by atoms with Gasteiger partial charge in [-0.15, -0.1) is 0 Å². The van der Waals surface area contributed by atoms with E-state index in [4.69, 9.17) is 0 Å². The molecule has 100 valence electrons. The summed E-state index contributed by atoms with van der Waals surface area (Å²) in [4.78, 5) is 0. The molecule has 0 amide bonds. The van der Waals surface area contributed by atoms with Crippen molar-refractivity contribution in [2.45, 2.75) is 46.5 Å². The summed E-state index contributed by atoms with van der Waals surface area (Å²) < 4.78 is 0. The molecule has 0 aliphatic carbocycles. The van der Waals surface area contributed by atoms with Gasteiger partial charge in [0.2, 0.25) is 0 Å². The van der Waals surface area contributed by atoms with Crippen LogP contribution in [0.3, 0.4) is 0 Å². The third-order valence-corrected chi connectivity index (χ3v) is 3.02. The molecule has 0 atom stereocenters. The number of rotatable bonds is 5. The maximum absolute atomic E-state index is 3.42. The summed E-state index contributed by atoms with van der Waals surface area (Å²) in [5, 5.41) is 3.42. The van der Waals surface area contributed by atoms with Crippen molar-refractivity contribution in [3.05, 3.63) is 41.0 Å². The first-order chi connectivity index (χ1) is 8.43. The zero-order valence-corrected chi connectivity index (χ0v) is 12.5. The highest BCUT2D eigenvalue weighted by Crippen LogP contribution is 2.22. The van der Waals surface area contributed by atoms with Crippen LogP contribution in [-0.4, -0.2) is 13.1 Å². The van der Waals surface area contributed by atoms with E-state index >= 15 is 0 Å². The zero-order chi connectivity index (χ0) is 13.6. The van der Waals surface area contributed by atoms with Crippen LogP contribution >= 0.6 is 0 Å². The summed E-state index contributed by atoms with van der Waals surface area (Å²) in [5.74, 6) is 0. The van der Waals surface area contributed by atoms with Gasteiger partial charge in [0.15, 0.2) is 0 Å². The van der Waals surface area contributed by atoms with Crippen molar-refractivity contribution in [1.82, 2.24) is 5.32 Å². The Kier molecular flexibility index (Phi) is 5.61. The van der Waals surface area contributed by atoms with Crippen molar-refractivity contribution in [3.8, 4) is 0 Å². The average molecular weight is 245 g/mol. The molecule has 1 heteroatoms. The Morgan fingerprint density at radius 1 is 1.17 bits per heavy atom. The molecule has 0 unspecified atom stereocenters. The first-order valence-corrected chi connectivity index (χ1v) is 6.92. The summed E-state index contributed by atoms with van der Waals surface area (Å²) in [6.45, 7) is 13.2. The molecular weight excluding hydrogens is 218 g/mol. The highest BCUT2D eigenvalue weighted by Gasteiger charge is 2.12. The minimum atomic E-state index is 0.236. The lowest BCUT2D eigenvalue weighted by molar-refractivity contribution is 0.590. The van der Waals surface area contributed by atoms with Gasteiger partial charge in [-0.3, -0.25) is 0 Å². The molecule has 1 aromatic rings. The summed E-state index contributed by atoms with van der Waals surface area (Å²) in [6.07, 6.45) is 3.45. The second-order valence-corrected chi connectivity index (χ2v) is 6.04. The van der Waals surface area contributed by atoms with Gasteiger partial charge in [-0.05, 0) is 36.4 Å². The van der Waals surface area contributed by atoms with Crippen LogP contribution in [0.15, 0.2) is 29.8 Å². The maximum Gasteiger partial charge on any atom is 0.0165 e. The van der Waals surface area contributed by atoms with Gasteiger partial charge in [-0.2, -0.15) is 0 Å². The topological polar surface area (TPSA) is 12.0 Å². The van der Waals surface area contributed by atoms with E-state index in [0.29, 0.717) is 0 Å². The standard InChI is InChI=1S/C17H27N/c1-6-11-18-13-14(2)12-15-7-9-16(10-8-15)17(3,4)5/h7-10,12,18H,6,11,13H2,1-5H3. The van der Waals surface area contributed by atoms with E-state index in [1.165, 1.54) is 23.1 Å². The van der Waals surface area contributed by atoms with Crippen LogP contribution in [0.1, 0.15) is 52.2 Å². The van der Waals surface area contributed by atoms with Crippen molar-refractivity contribution in [3.63, 3.8) is 0 Å². The van der Waals surface area contributed by atoms with Crippen molar-refractivity contribution in [1.29, 1.82) is 0 Å². The number of hydrogen-bond acceptors (Lipinski definition) is 1. The van der Waals surface area contributed by atoms with Gasteiger partial charge in [0.25, 0.3) is 0 Å². The minimum absolute atomic E-state index is 0.236. The van der Waals surface area contributed by atoms with E-state index in [1.54, 1.807) is 0 Å². The Hall–Kier alpha value is -1.08. The van der Waals surface area contributed by atoms with Crippen molar-refractivity contribution >= 4 is 6.08 Å². The van der Waals surface area contributed by atoms with Gasteiger partial charge in [0.05, 0.1) is 0 Å². The molecule has 1 nitrogen and oxygen atoms in total. The minimum Gasteiger partial charge on any atom is -0.313 e. The molecule has 0 bridgehead atoms. The van der Waals surface area contributed by atoms with Crippen LogP contribution in [0, 0.1) is 0 Å². The van der Waals surface area contributed by atoms with E-state index in [0.717, 1.165) is 13.1 Å². The smallest absolute Gasteiger partial charge is 0.0165 e. The van der Waals surface area contributed by atoms with Crippen molar-refractivity contribution in [2.24, 2.45) is 0 Å². The van der Waals surface area contributed by atoms with E-state index in [-0.39, 0.29) is 5.41 Å². The Morgan fingerprint density at radius 3 is 2.28 bits per heavy atom. The van der Waals surface area contributed by atoms with Crippen LogP contribution < -0.4 is 5.32 Å². The molecule has 0 fully saturated rings. The molecule has 0 saturated carbocycles. The molecule has 0 radical (unpaired) electrons. The monoisotopic (exact) mass is 245 g/mol. The van der Waals surface area contributed by atoms with Crippen LogP contribution in [0.2, 0.25) is 0 Å². The second-order valence-electron chi connectivity index (χ2n) is 6.04. The van der Waals surface area contributed by atoms with Crippen LogP contribution in [0.4, 0.5) is 0 Å². The number of benzene rings is 1. The van der Waals surface area contributed by atoms with Gasteiger partial charge in [-0.1, -0.05) is 63.6 Å². The van der Waals surface area contributed by atoms with E-state index < -0.39 is 0 Å². The lowest BCUT2D eigenvalue weighted by atomic mass is 9.86. The van der Waals surface area contributed by atoms with Crippen molar-refractivity contribution in [2.75, 3.05) is 13.1 Å². The first-order valence-electron chi connectivity index (χ1n) is 6.92. The van der Waals surface area contributed by atoms with Gasteiger partial charge in [0.1, 0.15) is 0 Å². The largest absolute Gasteiger partial charge is 0.313 e. The fraction of sp³-hybridized carbons (Fsp3) is 0.529. The van der Waals surface area contributed by atoms with Crippen LogP contribution in [0.25, 0.3) is 6.08 Å². The lowest BCUT2D eigenvalue weighted by Gasteiger charge is -2.18. The Morgan fingerprint density at radius 2 is 1.78 bits per heavy atom. The molecule has 0 aromatic heterocycles. The molecule has 0 spiro atoms. The fourth-order valence-corrected chi connectivity index (χ4v) is 1.88. The van der Waals surface area contributed by atoms with Gasteiger partial charge < -0.3 is 5.32 Å². The molecule has 0 heterocycles. The predicted octanol–water partition coefficient (Wildman–Crippen LogP) is 4.39. The summed E-state index contributed by atoms with van der Waals surface area (Å²) >= 11 is 0. The number of nitrogens with one attached hydrogen (secondary N) is 1. The third kappa shape index (κ3) is 5.05. The fourth-order valence-electron chi connectivity index (χ4n) is 1.88. The highest BCUT2D eigenvalue weighted by molar-refractivity contribution is 5.53. The lowest BCUT2D eigenvalue weighted by Crippen LogP contribution is -2.16. The quantitative estimate of drug-likeness (QED) is 0.759. The van der Waals surface area contributed by atoms with E-state index in [9.17, 15) is 0 Å². The Bertz CT molecular complexity index is 379. The molecule has 1 N–H and O–H groups in total. The van der Waals surface area contributed by atoms with Crippen LogP contribution in [-0.2, 0) is 5.41 Å². The summed E-state index contributed by atoms with van der Waals surface area (Å²) in [6, 6.07) is 8.89. The molecule has 0 saturated heterocycles. The summed E-state index contributed by atoms with van der Waals surface area (Å²) in [7, 11) is 0. The molecule has 1 rings (SSSR count). The van der Waals surface area contributed by atoms with E-state index in [1.807, 2.05) is 0 Å². The second kappa shape index (κ2) is 6.75. The first kappa shape index (κ1) is 15.0. The maximum atomic E-state index is 3.42. The molecule has 0 aliphatic rings. The molecule has 1 aromatic carbocycles. The zero-order valence-electron chi connectivity index (χ0n) is 12.5. The molecule has 18 heavy (non-hydrogen) atoms. The highest BCUT2D eigenvalue weighted by atomic mass is 14.8. The van der Waals surface area contributed by atoms with Gasteiger partial charge in [-0.25, -0.2) is 0 Å². The Labute approximate surface area is 112 Å². The Balaban J connectivity index is 2.65. The normalized spacial score (nSPS) is 12.8. The van der Waals surface area contributed by atoms with Crippen molar-refractivity contribution < 1.29 is 0 Å². The molecular formula is C17H27N. The summed E-state index contributed by atoms with van der Waals surface area (Å²) in [5.41, 5.74) is 4.30. The predicted molar refractivity (Wildman–Crippen MR) is 82.0 cm³/mol. The van der Waals surface area contributed by atoms with Gasteiger partial charge in [0, 0.05) is 6.54 Å². The average Bonchev–Trinajstić information content (AvgIpc) is 2.29. The van der Waals surface area contributed by atoms with Crippen LogP contribution in [0.5, 0.6) is 0 Å². The molecule has 0 aliphatic heterocycles.